The molecule has 0 N–H and O–H groups in total. The molecule has 1 unspecified atom stereocenters. The molecule has 0 aliphatic rings. The van der Waals surface area contributed by atoms with E-state index in [9.17, 15) is 4.79 Å². The van der Waals surface area contributed by atoms with Crippen molar-refractivity contribution in [1.29, 1.82) is 0 Å². The van der Waals surface area contributed by atoms with Crippen LogP contribution in [0.3, 0.4) is 0 Å². The quantitative estimate of drug-likeness (QED) is 0.796. The summed E-state index contributed by atoms with van der Waals surface area (Å²) in [6, 6.07) is 7.58. The van der Waals surface area contributed by atoms with E-state index in [0.717, 1.165) is 10.9 Å². The molecule has 1 atom stereocenters. The van der Waals surface area contributed by atoms with Crippen LogP contribution in [-0.4, -0.2) is 43.5 Å². The smallest absolute Gasteiger partial charge is 0.289 e. The normalized spacial score (nSPS) is 12.6. The number of fused-ring (bicyclic) bond motifs is 1. The molecule has 0 bridgehead atoms. The molecular weight excluding hydrogens is 278 g/mol. The highest BCUT2D eigenvalue weighted by Gasteiger charge is 2.19. The zero-order chi connectivity index (χ0) is 14.7. The minimum absolute atomic E-state index is 0.180. The van der Waals surface area contributed by atoms with Crippen LogP contribution in [0.15, 0.2) is 28.7 Å². The molecule has 0 aliphatic heterocycles. The molecule has 2 aromatic rings. The summed E-state index contributed by atoms with van der Waals surface area (Å²) >= 11 is 6.06. The predicted octanol–water partition coefficient (Wildman–Crippen LogP) is 3.07. The third-order valence-electron chi connectivity index (χ3n) is 3.05. The maximum absolute atomic E-state index is 12.3. The number of carbonyl (C=O) groups excluding carboxylic acids is 1. The summed E-state index contributed by atoms with van der Waals surface area (Å²) in [4.78, 5) is 13.8. The Hall–Kier alpha value is -1.52. The van der Waals surface area contributed by atoms with Crippen LogP contribution in [0.1, 0.15) is 16.1 Å². The number of amides is 1. The lowest BCUT2D eigenvalue weighted by molar-refractivity contribution is 0.0753. The lowest BCUT2D eigenvalue weighted by Crippen LogP contribution is -2.33. The average Bonchev–Trinajstić information content (AvgIpc) is 2.80. The van der Waals surface area contributed by atoms with Gasteiger partial charge in [-0.05, 0) is 25.1 Å². The summed E-state index contributed by atoms with van der Waals surface area (Å²) in [5, 5.41) is 0.696. The number of hydrogen-bond donors (Lipinski definition) is 0. The molecule has 5 heteroatoms. The summed E-state index contributed by atoms with van der Waals surface area (Å²) in [6.07, 6.45) is 0. The first kappa shape index (κ1) is 14.9. The van der Waals surface area contributed by atoms with E-state index in [1.54, 1.807) is 25.1 Å². The molecule has 20 heavy (non-hydrogen) atoms. The fraction of sp³-hybridized carbons (Fsp3) is 0.400. The molecule has 108 valence electrons. The number of aryl methyl sites for hydroxylation is 1. The second-order valence-electron chi connectivity index (χ2n) is 4.89. The topological polar surface area (TPSA) is 42.7 Å². The van der Waals surface area contributed by atoms with Gasteiger partial charge in [-0.15, -0.1) is 11.6 Å². The van der Waals surface area contributed by atoms with Crippen molar-refractivity contribution in [2.75, 3.05) is 27.3 Å². The minimum atomic E-state index is -0.236. The molecule has 0 saturated carbocycles. The van der Waals surface area contributed by atoms with Gasteiger partial charge in [-0.3, -0.25) is 4.79 Å². The van der Waals surface area contributed by atoms with E-state index in [4.69, 9.17) is 20.8 Å². The molecule has 4 nitrogen and oxygen atoms in total. The second kappa shape index (κ2) is 6.29. The molecule has 0 fully saturated rings. The third-order valence-corrected chi connectivity index (χ3v) is 3.31. The number of carbonyl (C=O) groups is 1. The Morgan fingerprint density at radius 1 is 1.45 bits per heavy atom. The van der Waals surface area contributed by atoms with Crippen LogP contribution in [0.5, 0.6) is 0 Å². The molecule has 1 heterocycles. The number of ether oxygens (including phenoxy) is 1. The highest BCUT2D eigenvalue weighted by molar-refractivity contribution is 6.21. The minimum Gasteiger partial charge on any atom is -0.451 e. The third kappa shape index (κ3) is 3.32. The van der Waals surface area contributed by atoms with E-state index in [1.807, 2.05) is 25.1 Å². The van der Waals surface area contributed by atoms with Gasteiger partial charge in [0.15, 0.2) is 5.76 Å². The van der Waals surface area contributed by atoms with Crippen molar-refractivity contribution in [2.24, 2.45) is 0 Å². The number of methoxy groups -OCH3 is 1. The second-order valence-corrected chi connectivity index (χ2v) is 5.51. The summed E-state index contributed by atoms with van der Waals surface area (Å²) in [5.41, 5.74) is 1.85. The first-order valence-electron chi connectivity index (χ1n) is 6.40. The maximum atomic E-state index is 12.3. The van der Waals surface area contributed by atoms with Crippen LogP contribution in [0.2, 0.25) is 0 Å². The van der Waals surface area contributed by atoms with Crippen molar-refractivity contribution in [2.45, 2.75) is 12.3 Å². The van der Waals surface area contributed by atoms with E-state index in [2.05, 4.69) is 0 Å². The Balaban J connectivity index is 2.14. The first-order valence-corrected chi connectivity index (χ1v) is 6.83. The SMILES string of the molecule is COCC(Cl)CN(C)C(=O)c1cc2cc(C)ccc2o1. The van der Waals surface area contributed by atoms with Gasteiger partial charge in [0.1, 0.15) is 5.58 Å². The van der Waals surface area contributed by atoms with Crippen molar-refractivity contribution in [3.8, 4) is 0 Å². The highest BCUT2D eigenvalue weighted by atomic mass is 35.5. The Morgan fingerprint density at radius 2 is 2.20 bits per heavy atom. The van der Waals surface area contributed by atoms with Gasteiger partial charge in [0.25, 0.3) is 5.91 Å². The van der Waals surface area contributed by atoms with Crippen LogP contribution in [0.4, 0.5) is 0 Å². The van der Waals surface area contributed by atoms with E-state index >= 15 is 0 Å². The van der Waals surface area contributed by atoms with Crippen molar-refractivity contribution in [3.63, 3.8) is 0 Å². The van der Waals surface area contributed by atoms with Gasteiger partial charge in [-0.25, -0.2) is 0 Å². The van der Waals surface area contributed by atoms with Crippen molar-refractivity contribution < 1.29 is 13.9 Å². The zero-order valence-corrected chi connectivity index (χ0v) is 12.6. The van der Waals surface area contributed by atoms with E-state index in [0.29, 0.717) is 24.5 Å². The molecule has 2 rings (SSSR count). The zero-order valence-electron chi connectivity index (χ0n) is 11.9. The molecule has 1 aromatic carbocycles. The number of benzene rings is 1. The fourth-order valence-electron chi connectivity index (χ4n) is 2.07. The van der Waals surface area contributed by atoms with Gasteiger partial charge in [-0.2, -0.15) is 0 Å². The highest BCUT2D eigenvalue weighted by Crippen LogP contribution is 2.21. The van der Waals surface area contributed by atoms with E-state index in [-0.39, 0.29) is 11.3 Å². The Bertz CT molecular complexity index is 608. The van der Waals surface area contributed by atoms with Gasteiger partial charge >= 0.3 is 0 Å². The van der Waals surface area contributed by atoms with Crippen molar-refractivity contribution in [3.05, 3.63) is 35.6 Å². The molecule has 0 radical (unpaired) electrons. The largest absolute Gasteiger partial charge is 0.451 e. The monoisotopic (exact) mass is 295 g/mol. The predicted molar refractivity (Wildman–Crippen MR) is 79.4 cm³/mol. The summed E-state index contributed by atoms with van der Waals surface area (Å²) in [6.45, 7) is 2.81. The van der Waals surface area contributed by atoms with Crippen LogP contribution in [-0.2, 0) is 4.74 Å². The van der Waals surface area contributed by atoms with Crippen molar-refractivity contribution in [1.82, 2.24) is 4.90 Å². The number of nitrogens with zero attached hydrogens (tertiary/aromatic N) is 1. The summed E-state index contributed by atoms with van der Waals surface area (Å²) < 4.78 is 10.5. The maximum Gasteiger partial charge on any atom is 0.289 e. The molecule has 1 aromatic heterocycles. The van der Waals surface area contributed by atoms with Crippen molar-refractivity contribution >= 4 is 28.5 Å². The number of rotatable bonds is 5. The van der Waals surface area contributed by atoms with E-state index in [1.165, 1.54) is 0 Å². The molecule has 0 saturated heterocycles. The van der Waals surface area contributed by atoms with Gasteiger partial charge in [0.2, 0.25) is 0 Å². The van der Waals surface area contributed by atoms with Gasteiger partial charge in [0, 0.05) is 26.1 Å². The van der Waals surface area contributed by atoms with Crippen LogP contribution in [0, 0.1) is 6.92 Å². The molecular formula is C15H18ClNO3. The Morgan fingerprint density at radius 3 is 2.90 bits per heavy atom. The number of furan rings is 1. The molecule has 0 spiro atoms. The van der Waals surface area contributed by atoms with Gasteiger partial charge in [0.05, 0.1) is 12.0 Å². The molecule has 1 amide bonds. The first-order chi connectivity index (χ1) is 9.51. The fourth-order valence-corrected chi connectivity index (χ4v) is 2.40. The standard InChI is InChI=1S/C15H18ClNO3/c1-10-4-5-13-11(6-10)7-14(20-13)15(18)17(2)8-12(16)9-19-3/h4-7,12H,8-9H2,1-3H3. The van der Waals surface area contributed by atoms with Gasteiger partial charge in [-0.1, -0.05) is 11.6 Å². The van der Waals surface area contributed by atoms with E-state index < -0.39 is 0 Å². The summed E-state index contributed by atoms with van der Waals surface area (Å²) in [7, 11) is 3.28. The average molecular weight is 296 g/mol. The molecule has 0 aliphatic carbocycles. The van der Waals surface area contributed by atoms with Crippen LogP contribution >= 0.6 is 11.6 Å². The van der Waals surface area contributed by atoms with Gasteiger partial charge < -0.3 is 14.1 Å². The lowest BCUT2D eigenvalue weighted by Gasteiger charge is -2.18. The Labute approximate surface area is 123 Å². The van der Waals surface area contributed by atoms with Crippen LogP contribution in [0.25, 0.3) is 11.0 Å². The van der Waals surface area contributed by atoms with Crippen LogP contribution < -0.4 is 0 Å². The number of hydrogen-bond acceptors (Lipinski definition) is 3. The number of halogens is 1. The lowest BCUT2D eigenvalue weighted by atomic mass is 10.2. The number of alkyl halides is 1. The summed E-state index contributed by atoms with van der Waals surface area (Å²) in [5.74, 6) is 0.148. The Kier molecular flexibility index (Phi) is 4.68.